The molecule has 3 aromatic rings. The van der Waals surface area contributed by atoms with Crippen LogP contribution in [0.25, 0.3) is 22.0 Å². The van der Waals surface area contributed by atoms with Crippen LogP contribution in [0.15, 0.2) is 48.7 Å². The average Bonchev–Trinajstić information content (AvgIpc) is 2.91. The number of carboxylic acid groups (broad SMARTS) is 1. The molecule has 1 heterocycles. The summed E-state index contributed by atoms with van der Waals surface area (Å²) in [5.74, 6) is -0.572. The summed E-state index contributed by atoms with van der Waals surface area (Å²) in [5.41, 5.74) is 2.92. The van der Waals surface area contributed by atoms with Gasteiger partial charge in [-0.25, -0.2) is 4.79 Å². The lowest BCUT2D eigenvalue weighted by Gasteiger charge is -2.12. The van der Waals surface area contributed by atoms with Gasteiger partial charge in [-0.3, -0.25) is 0 Å². The molecule has 0 spiro atoms. The highest BCUT2D eigenvalue weighted by Gasteiger charge is 2.18. The fraction of sp³-hybridized carbons (Fsp3) is 0.118. The molecule has 0 unspecified atom stereocenters. The van der Waals surface area contributed by atoms with Gasteiger partial charge in [-0.05, 0) is 19.1 Å². The highest BCUT2D eigenvalue weighted by molar-refractivity contribution is 6.00. The molecule has 3 rings (SSSR count). The van der Waals surface area contributed by atoms with E-state index < -0.39 is 5.97 Å². The largest absolute Gasteiger partial charge is 0.492 e. The molecule has 0 bridgehead atoms. The number of fused-ring (bicyclic) bond motifs is 1. The Morgan fingerprint density at radius 3 is 2.71 bits per heavy atom. The second-order valence-corrected chi connectivity index (χ2v) is 4.67. The number of para-hydroxylation sites is 2. The first-order chi connectivity index (χ1) is 10.2. The number of hydrogen-bond donors (Lipinski definition) is 2. The van der Waals surface area contributed by atoms with Gasteiger partial charge in [-0.2, -0.15) is 0 Å². The van der Waals surface area contributed by atoms with Crippen molar-refractivity contribution in [2.45, 2.75) is 6.92 Å². The molecule has 106 valence electrons. The van der Waals surface area contributed by atoms with Crippen LogP contribution in [-0.2, 0) is 0 Å². The zero-order valence-corrected chi connectivity index (χ0v) is 11.6. The van der Waals surface area contributed by atoms with E-state index in [9.17, 15) is 9.90 Å². The van der Waals surface area contributed by atoms with E-state index in [1.807, 2.05) is 43.5 Å². The highest BCUT2D eigenvalue weighted by Crippen LogP contribution is 2.37. The van der Waals surface area contributed by atoms with Crippen LogP contribution >= 0.6 is 0 Å². The maximum Gasteiger partial charge on any atom is 0.339 e. The minimum absolute atomic E-state index is 0.180. The normalized spacial score (nSPS) is 10.7. The Morgan fingerprint density at radius 1 is 1.14 bits per heavy atom. The van der Waals surface area contributed by atoms with Crippen molar-refractivity contribution in [3.05, 3.63) is 54.2 Å². The van der Waals surface area contributed by atoms with Crippen molar-refractivity contribution in [2.75, 3.05) is 6.61 Å². The van der Waals surface area contributed by atoms with E-state index in [-0.39, 0.29) is 5.56 Å². The van der Waals surface area contributed by atoms with Crippen molar-refractivity contribution in [1.82, 2.24) is 4.98 Å². The first-order valence-corrected chi connectivity index (χ1v) is 6.78. The number of rotatable bonds is 4. The monoisotopic (exact) mass is 281 g/mol. The first-order valence-electron chi connectivity index (χ1n) is 6.78. The fourth-order valence-electron chi connectivity index (χ4n) is 2.51. The third-order valence-corrected chi connectivity index (χ3v) is 3.41. The van der Waals surface area contributed by atoms with Gasteiger partial charge in [0.1, 0.15) is 11.3 Å². The van der Waals surface area contributed by atoms with Gasteiger partial charge in [0.15, 0.2) is 0 Å². The van der Waals surface area contributed by atoms with Crippen LogP contribution in [-0.4, -0.2) is 22.7 Å². The van der Waals surface area contributed by atoms with E-state index in [0.29, 0.717) is 12.4 Å². The first kappa shape index (κ1) is 13.2. The van der Waals surface area contributed by atoms with Crippen LogP contribution in [0.3, 0.4) is 0 Å². The summed E-state index contributed by atoms with van der Waals surface area (Å²) in [6.45, 7) is 2.26. The molecule has 0 amide bonds. The van der Waals surface area contributed by atoms with E-state index in [1.54, 1.807) is 12.1 Å². The van der Waals surface area contributed by atoms with E-state index in [1.165, 1.54) is 0 Å². The molecule has 0 fully saturated rings. The van der Waals surface area contributed by atoms with Crippen molar-refractivity contribution in [3.63, 3.8) is 0 Å². The van der Waals surface area contributed by atoms with Crippen LogP contribution in [0.5, 0.6) is 5.75 Å². The maximum atomic E-state index is 11.4. The van der Waals surface area contributed by atoms with Crippen molar-refractivity contribution in [1.29, 1.82) is 0 Å². The second-order valence-electron chi connectivity index (χ2n) is 4.67. The minimum atomic E-state index is -0.986. The molecule has 0 aliphatic carbocycles. The molecule has 1 aromatic heterocycles. The summed E-state index contributed by atoms with van der Waals surface area (Å²) in [6, 6.07) is 13.1. The van der Waals surface area contributed by atoms with Crippen LogP contribution in [0, 0.1) is 0 Å². The van der Waals surface area contributed by atoms with Gasteiger partial charge in [-0.15, -0.1) is 0 Å². The van der Waals surface area contributed by atoms with E-state index in [2.05, 4.69) is 4.98 Å². The van der Waals surface area contributed by atoms with E-state index in [0.717, 1.165) is 22.0 Å². The zero-order chi connectivity index (χ0) is 14.8. The number of ether oxygens (including phenoxy) is 1. The smallest absolute Gasteiger partial charge is 0.339 e. The Kier molecular flexibility index (Phi) is 3.36. The van der Waals surface area contributed by atoms with Crippen LogP contribution in [0.1, 0.15) is 17.3 Å². The van der Waals surface area contributed by atoms with E-state index >= 15 is 0 Å². The van der Waals surface area contributed by atoms with Crippen LogP contribution < -0.4 is 4.74 Å². The topological polar surface area (TPSA) is 62.3 Å². The Bertz CT molecular complexity index is 805. The Morgan fingerprint density at radius 2 is 1.95 bits per heavy atom. The molecule has 4 heteroatoms. The zero-order valence-electron chi connectivity index (χ0n) is 11.6. The molecule has 0 aliphatic rings. The minimum Gasteiger partial charge on any atom is -0.492 e. The second kappa shape index (κ2) is 5.32. The van der Waals surface area contributed by atoms with Crippen molar-refractivity contribution in [3.8, 4) is 16.9 Å². The molecule has 2 N–H and O–H groups in total. The molecule has 0 saturated carbocycles. The number of H-pyrrole nitrogens is 1. The third kappa shape index (κ3) is 2.25. The molecular formula is C17H15NO3. The molecule has 0 atom stereocenters. The van der Waals surface area contributed by atoms with Crippen molar-refractivity contribution >= 4 is 16.9 Å². The maximum absolute atomic E-state index is 11.4. The van der Waals surface area contributed by atoms with Gasteiger partial charge in [0, 0.05) is 28.2 Å². The molecule has 0 aliphatic heterocycles. The molecule has 0 radical (unpaired) electrons. The number of carbonyl (C=O) groups is 1. The van der Waals surface area contributed by atoms with Crippen LogP contribution in [0.4, 0.5) is 0 Å². The number of benzene rings is 2. The molecule has 21 heavy (non-hydrogen) atoms. The number of aromatic carboxylic acids is 1. The van der Waals surface area contributed by atoms with Gasteiger partial charge < -0.3 is 14.8 Å². The van der Waals surface area contributed by atoms with Gasteiger partial charge in [-0.1, -0.05) is 30.3 Å². The number of aromatic nitrogens is 1. The molecule has 2 aromatic carbocycles. The third-order valence-electron chi connectivity index (χ3n) is 3.41. The van der Waals surface area contributed by atoms with Gasteiger partial charge in [0.2, 0.25) is 0 Å². The summed E-state index contributed by atoms with van der Waals surface area (Å²) in [4.78, 5) is 14.6. The number of aromatic amines is 1. The van der Waals surface area contributed by atoms with Gasteiger partial charge in [0.05, 0.1) is 6.61 Å². The summed E-state index contributed by atoms with van der Waals surface area (Å²) in [7, 11) is 0. The lowest BCUT2D eigenvalue weighted by atomic mass is 10.0. The summed E-state index contributed by atoms with van der Waals surface area (Å²) in [5, 5.41) is 10.4. The fourth-order valence-corrected chi connectivity index (χ4v) is 2.51. The predicted molar refractivity (Wildman–Crippen MR) is 81.9 cm³/mol. The molecular weight excluding hydrogens is 266 g/mol. The Balaban J connectivity index is 2.26. The van der Waals surface area contributed by atoms with Crippen LogP contribution in [0.2, 0.25) is 0 Å². The quantitative estimate of drug-likeness (QED) is 0.761. The predicted octanol–water partition coefficient (Wildman–Crippen LogP) is 3.93. The van der Waals surface area contributed by atoms with E-state index in [4.69, 9.17) is 4.74 Å². The summed E-state index contributed by atoms with van der Waals surface area (Å²) in [6.07, 6.45) is 1.88. The SMILES string of the molecule is CCOc1c(C(=O)O)cccc1-c1c[nH]c2ccccc12. The number of nitrogens with one attached hydrogen (secondary N) is 1. The highest BCUT2D eigenvalue weighted by atomic mass is 16.5. The lowest BCUT2D eigenvalue weighted by molar-refractivity contribution is 0.0692. The Hall–Kier alpha value is -2.75. The molecule has 4 nitrogen and oxygen atoms in total. The van der Waals surface area contributed by atoms with Crippen molar-refractivity contribution in [2.24, 2.45) is 0 Å². The molecule has 0 saturated heterocycles. The summed E-state index contributed by atoms with van der Waals surface area (Å²) < 4.78 is 5.61. The number of hydrogen-bond acceptors (Lipinski definition) is 2. The Labute approximate surface area is 122 Å². The van der Waals surface area contributed by atoms with Gasteiger partial charge >= 0.3 is 5.97 Å². The van der Waals surface area contributed by atoms with Crippen molar-refractivity contribution < 1.29 is 14.6 Å². The average molecular weight is 281 g/mol. The summed E-state index contributed by atoms with van der Waals surface area (Å²) >= 11 is 0. The van der Waals surface area contributed by atoms with Gasteiger partial charge in [0.25, 0.3) is 0 Å². The standard InChI is InChI=1S/C17H15NO3/c1-2-21-16-12(7-5-8-13(16)17(19)20)14-10-18-15-9-4-3-6-11(14)15/h3-10,18H,2H2,1H3,(H,19,20). The number of carboxylic acids is 1. The lowest BCUT2D eigenvalue weighted by Crippen LogP contribution is -2.04.